The Morgan fingerprint density at radius 2 is 1.70 bits per heavy atom. The van der Waals surface area contributed by atoms with E-state index in [0.29, 0.717) is 34.9 Å². The molecule has 0 aliphatic carbocycles. The predicted molar refractivity (Wildman–Crippen MR) is 141 cm³/mol. The zero-order chi connectivity index (χ0) is 26.3. The van der Waals surface area contributed by atoms with Crippen molar-refractivity contribution in [3.63, 3.8) is 0 Å². The maximum absolute atomic E-state index is 13.2. The lowest BCUT2D eigenvalue weighted by Crippen LogP contribution is -2.30. The number of hydrogen-bond acceptors (Lipinski definition) is 5. The molecular weight excluding hydrogens is 468 g/mol. The number of aryl methyl sites for hydroxylation is 3. The number of carbonyl (C=O) groups is 3. The molecule has 5 rings (SSSR count). The second-order valence-electron chi connectivity index (χ2n) is 8.97. The fourth-order valence-corrected chi connectivity index (χ4v) is 4.33. The van der Waals surface area contributed by atoms with Crippen LogP contribution < -0.4 is 15.8 Å². The van der Waals surface area contributed by atoms with E-state index >= 15 is 0 Å². The second kappa shape index (κ2) is 9.31. The lowest BCUT2D eigenvalue weighted by atomic mass is 10.1. The number of nitrogens with zero attached hydrogens (tertiary/aromatic N) is 2. The van der Waals surface area contributed by atoms with Crippen molar-refractivity contribution in [2.24, 2.45) is 0 Å². The molecule has 0 atom stereocenters. The molecule has 4 aromatic rings. The number of benzene rings is 3. The maximum Gasteiger partial charge on any atom is 0.266 e. The third-order valence-electron chi connectivity index (χ3n) is 6.31. The van der Waals surface area contributed by atoms with Gasteiger partial charge in [0.15, 0.2) is 0 Å². The third-order valence-corrected chi connectivity index (χ3v) is 6.31. The zero-order valence-corrected chi connectivity index (χ0v) is 20.6. The minimum atomic E-state index is -0.462. The van der Waals surface area contributed by atoms with Gasteiger partial charge < -0.3 is 10.3 Å². The molecule has 0 spiro atoms. The zero-order valence-electron chi connectivity index (χ0n) is 20.6. The van der Waals surface area contributed by atoms with Crippen LogP contribution in [-0.2, 0) is 6.42 Å². The number of fused-ring (bicyclic) bond motifs is 1. The third kappa shape index (κ3) is 4.45. The highest BCUT2D eigenvalue weighted by Crippen LogP contribution is 2.32. The van der Waals surface area contributed by atoms with Crippen molar-refractivity contribution in [2.45, 2.75) is 27.2 Å². The van der Waals surface area contributed by atoms with Crippen molar-refractivity contribution in [3.05, 3.63) is 111 Å². The number of carbonyl (C=O) groups excluding carboxylic acids is 3. The smallest absolute Gasteiger partial charge is 0.266 e. The quantitative estimate of drug-likeness (QED) is 0.393. The van der Waals surface area contributed by atoms with E-state index in [9.17, 15) is 19.2 Å². The minimum Gasteiger partial charge on any atom is -0.322 e. The van der Waals surface area contributed by atoms with Gasteiger partial charge in [0.1, 0.15) is 5.82 Å². The van der Waals surface area contributed by atoms with Crippen LogP contribution in [0.3, 0.4) is 0 Å². The molecule has 2 heterocycles. The molecule has 3 amide bonds. The van der Waals surface area contributed by atoms with Gasteiger partial charge in [-0.1, -0.05) is 31.2 Å². The highest BCUT2D eigenvalue weighted by molar-refractivity contribution is 6.35. The Morgan fingerprint density at radius 1 is 0.919 bits per heavy atom. The number of H-pyrrole nitrogens is 1. The molecule has 1 aromatic heterocycles. The molecule has 8 heteroatoms. The highest BCUT2D eigenvalue weighted by atomic mass is 16.2. The van der Waals surface area contributed by atoms with Crippen molar-refractivity contribution >= 4 is 29.1 Å². The first-order valence-corrected chi connectivity index (χ1v) is 11.9. The molecule has 3 aromatic carbocycles. The molecule has 0 saturated carbocycles. The average molecular weight is 493 g/mol. The Balaban J connectivity index is 1.41. The fourth-order valence-electron chi connectivity index (χ4n) is 4.33. The molecule has 0 unspecified atom stereocenters. The Labute approximate surface area is 213 Å². The molecule has 37 heavy (non-hydrogen) atoms. The summed E-state index contributed by atoms with van der Waals surface area (Å²) in [6, 6.07) is 18.5. The summed E-state index contributed by atoms with van der Waals surface area (Å²) in [7, 11) is 0. The Bertz CT molecular complexity index is 1650. The normalized spacial score (nSPS) is 12.6. The number of hydrogen-bond donors (Lipinski definition) is 2. The van der Waals surface area contributed by atoms with Gasteiger partial charge in [-0.25, -0.2) is 9.88 Å². The van der Waals surface area contributed by atoms with Crippen LogP contribution in [0.2, 0.25) is 0 Å². The van der Waals surface area contributed by atoms with Crippen molar-refractivity contribution in [1.82, 2.24) is 9.97 Å². The van der Waals surface area contributed by atoms with Gasteiger partial charge in [0, 0.05) is 28.6 Å². The standard InChI is InChI=1S/C29H24N4O4/c1-4-20-15-25(34)32-26(30-20)18-6-5-7-21(13-18)31-27(35)19-10-11-22-23(14-19)29(37)33(28(22)36)24-12-16(2)8-9-17(24)3/h5-15H,4H2,1-3H3,(H,31,35)(H,30,32,34). The molecule has 8 nitrogen and oxygen atoms in total. The van der Waals surface area contributed by atoms with Crippen LogP contribution in [0.5, 0.6) is 0 Å². The van der Waals surface area contributed by atoms with E-state index in [1.54, 1.807) is 30.3 Å². The van der Waals surface area contributed by atoms with Gasteiger partial charge in [0.05, 0.1) is 16.8 Å². The number of anilines is 2. The number of aromatic nitrogens is 2. The highest BCUT2D eigenvalue weighted by Gasteiger charge is 2.37. The molecule has 0 fully saturated rings. The molecule has 0 bridgehead atoms. The van der Waals surface area contributed by atoms with Crippen LogP contribution in [0, 0.1) is 13.8 Å². The first-order chi connectivity index (χ1) is 17.7. The van der Waals surface area contributed by atoms with Gasteiger partial charge in [-0.15, -0.1) is 0 Å². The molecule has 184 valence electrons. The number of nitrogens with one attached hydrogen (secondary N) is 2. The Hall–Kier alpha value is -4.85. The summed E-state index contributed by atoms with van der Waals surface area (Å²) >= 11 is 0. The molecule has 0 radical (unpaired) electrons. The van der Waals surface area contributed by atoms with Crippen LogP contribution in [0.4, 0.5) is 11.4 Å². The second-order valence-corrected chi connectivity index (χ2v) is 8.97. The van der Waals surface area contributed by atoms with Crippen molar-refractivity contribution in [2.75, 3.05) is 10.2 Å². The van der Waals surface area contributed by atoms with E-state index < -0.39 is 17.7 Å². The van der Waals surface area contributed by atoms with Gasteiger partial charge in [0.25, 0.3) is 23.3 Å². The molecule has 0 saturated heterocycles. The van der Waals surface area contributed by atoms with Crippen LogP contribution in [0.1, 0.15) is 54.8 Å². The topological polar surface area (TPSA) is 112 Å². The van der Waals surface area contributed by atoms with Gasteiger partial charge in [-0.2, -0.15) is 0 Å². The SMILES string of the molecule is CCc1cc(=O)[nH]c(-c2cccc(NC(=O)c3ccc4c(c3)C(=O)N(c3cc(C)ccc3C)C4=O)c2)n1. The summed E-state index contributed by atoms with van der Waals surface area (Å²) < 4.78 is 0. The Morgan fingerprint density at radius 3 is 2.49 bits per heavy atom. The van der Waals surface area contributed by atoms with E-state index in [-0.39, 0.29) is 22.2 Å². The average Bonchev–Trinajstić information content (AvgIpc) is 3.14. The predicted octanol–water partition coefficient (Wildman–Crippen LogP) is 4.67. The van der Waals surface area contributed by atoms with Crippen molar-refractivity contribution in [3.8, 4) is 11.4 Å². The minimum absolute atomic E-state index is 0.186. The van der Waals surface area contributed by atoms with Gasteiger partial charge in [-0.05, 0) is 67.8 Å². The first-order valence-electron chi connectivity index (χ1n) is 11.9. The summed E-state index contributed by atoms with van der Waals surface area (Å²) in [4.78, 5) is 59.6. The van der Waals surface area contributed by atoms with Crippen molar-refractivity contribution in [1.29, 1.82) is 0 Å². The summed E-state index contributed by atoms with van der Waals surface area (Å²) in [6.45, 7) is 5.65. The van der Waals surface area contributed by atoms with Crippen molar-refractivity contribution < 1.29 is 14.4 Å². The largest absolute Gasteiger partial charge is 0.322 e. The first kappa shape index (κ1) is 23.9. The summed E-state index contributed by atoms with van der Waals surface area (Å²) in [5.74, 6) is -0.900. The van der Waals surface area contributed by atoms with Crippen LogP contribution in [0.15, 0.2) is 71.5 Å². The molecular formula is C29H24N4O4. The van der Waals surface area contributed by atoms with Crippen LogP contribution in [0.25, 0.3) is 11.4 Å². The summed E-state index contributed by atoms with van der Waals surface area (Å²) in [5, 5.41) is 2.82. The monoisotopic (exact) mass is 492 g/mol. The molecule has 2 N–H and O–H groups in total. The number of rotatable bonds is 5. The number of imide groups is 1. The molecule has 1 aliphatic rings. The van der Waals surface area contributed by atoms with E-state index in [1.807, 2.05) is 32.9 Å². The number of aromatic amines is 1. The van der Waals surface area contributed by atoms with E-state index in [0.717, 1.165) is 16.0 Å². The van der Waals surface area contributed by atoms with Crippen LogP contribution in [-0.4, -0.2) is 27.7 Å². The van der Waals surface area contributed by atoms with Gasteiger partial charge in [-0.3, -0.25) is 19.2 Å². The lowest BCUT2D eigenvalue weighted by Gasteiger charge is -2.17. The number of amides is 3. The lowest BCUT2D eigenvalue weighted by molar-refractivity contribution is 0.0925. The van der Waals surface area contributed by atoms with E-state index in [1.165, 1.54) is 24.3 Å². The van der Waals surface area contributed by atoms with Crippen LogP contribution >= 0.6 is 0 Å². The maximum atomic E-state index is 13.2. The van der Waals surface area contributed by atoms with E-state index in [2.05, 4.69) is 15.3 Å². The van der Waals surface area contributed by atoms with E-state index in [4.69, 9.17) is 0 Å². The Kier molecular flexibility index (Phi) is 6.01. The molecule has 1 aliphatic heterocycles. The summed E-state index contributed by atoms with van der Waals surface area (Å²) in [6.07, 6.45) is 0.619. The fraction of sp³-hybridized carbons (Fsp3) is 0.138. The van der Waals surface area contributed by atoms with Gasteiger partial charge >= 0.3 is 0 Å². The summed E-state index contributed by atoms with van der Waals surface area (Å²) in [5.41, 5.74) is 4.51. The van der Waals surface area contributed by atoms with Gasteiger partial charge in [0.2, 0.25) is 0 Å².